The predicted octanol–water partition coefficient (Wildman–Crippen LogP) is 3.48. The van der Waals surface area contributed by atoms with Crippen LogP contribution in [0.25, 0.3) is 28.1 Å². The van der Waals surface area contributed by atoms with Gasteiger partial charge in [-0.3, -0.25) is 0 Å². The molecule has 0 spiro atoms. The van der Waals surface area contributed by atoms with Gasteiger partial charge in [-0.25, -0.2) is 28.6 Å². The maximum absolute atomic E-state index is 12.5. The quantitative estimate of drug-likeness (QED) is 0.466. The molecule has 0 radical (unpaired) electrons. The third kappa shape index (κ3) is 4.59. The first-order valence-corrected chi connectivity index (χ1v) is 11.5. The molecule has 32 heavy (non-hydrogen) atoms. The van der Waals surface area contributed by atoms with Gasteiger partial charge in [-0.1, -0.05) is 18.2 Å². The molecule has 166 valence electrons. The minimum absolute atomic E-state index is 0.134. The molecule has 3 aromatic heterocycles. The molecule has 0 saturated carbocycles. The predicted molar refractivity (Wildman–Crippen MR) is 125 cm³/mol. The van der Waals surface area contributed by atoms with Crippen LogP contribution in [0, 0.1) is 0 Å². The maximum Gasteiger partial charge on any atom is 0.159 e. The van der Waals surface area contributed by atoms with Crippen molar-refractivity contribution in [2.45, 2.75) is 45.1 Å². The van der Waals surface area contributed by atoms with Crippen LogP contribution in [0.4, 0.5) is 0 Å². The number of aliphatic hydroxyl groups excluding tert-OH is 1. The lowest BCUT2D eigenvalue weighted by Crippen LogP contribution is -2.35. The van der Waals surface area contributed by atoms with E-state index in [9.17, 15) is 9.32 Å². The number of nitrogens with one attached hydrogen (secondary N) is 1. The summed E-state index contributed by atoms with van der Waals surface area (Å²) in [4.78, 5) is 13.6. The smallest absolute Gasteiger partial charge is 0.159 e. The number of benzene rings is 1. The molecule has 0 amide bonds. The lowest BCUT2D eigenvalue weighted by Gasteiger charge is -2.21. The summed E-state index contributed by atoms with van der Waals surface area (Å²) in [5.41, 5.74) is 3.04. The topological polar surface area (TPSA) is 106 Å². The molecular weight excluding hydrogens is 424 g/mol. The Bertz CT molecular complexity index is 1280. The molecule has 1 aromatic carbocycles. The van der Waals surface area contributed by atoms with Crippen molar-refractivity contribution >= 4 is 21.9 Å². The van der Waals surface area contributed by atoms with E-state index in [-0.39, 0.29) is 17.4 Å². The standard InChI is InChI=1S/C23H26N6O2S/c1-15(28-32(31)23(2,3)4)19-10-11-24-22(27-19)16-8-9-17-13-25-29(20(17)12-16)21-7-5-6-18(14-30)26-21/h5-13,15,28,30H,14H2,1-4H3/t15-,32+/m0/s1. The highest BCUT2D eigenvalue weighted by Crippen LogP contribution is 2.25. The van der Waals surface area contributed by atoms with Gasteiger partial charge < -0.3 is 5.11 Å². The van der Waals surface area contributed by atoms with Gasteiger partial charge in [-0.15, -0.1) is 0 Å². The molecule has 0 aliphatic carbocycles. The summed E-state index contributed by atoms with van der Waals surface area (Å²) in [7, 11) is -1.21. The van der Waals surface area contributed by atoms with E-state index < -0.39 is 11.0 Å². The zero-order chi connectivity index (χ0) is 22.9. The molecule has 0 fully saturated rings. The molecule has 4 aromatic rings. The van der Waals surface area contributed by atoms with Crippen LogP contribution in [0.5, 0.6) is 0 Å². The van der Waals surface area contributed by atoms with Crippen molar-refractivity contribution in [2.75, 3.05) is 0 Å². The highest BCUT2D eigenvalue weighted by molar-refractivity contribution is 7.84. The third-order valence-electron chi connectivity index (χ3n) is 4.96. The first kappa shape index (κ1) is 22.2. The van der Waals surface area contributed by atoms with Gasteiger partial charge in [0.25, 0.3) is 0 Å². The maximum atomic E-state index is 12.5. The second kappa shape index (κ2) is 8.85. The van der Waals surface area contributed by atoms with Gasteiger partial charge in [0, 0.05) is 17.1 Å². The van der Waals surface area contributed by atoms with E-state index >= 15 is 0 Å². The summed E-state index contributed by atoms with van der Waals surface area (Å²) in [5, 5.41) is 14.8. The zero-order valence-electron chi connectivity index (χ0n) is 18.5. The van der Waals surface area contributed by atoms with Gasteiger partial charge in [0.1, 0.15) is 0 Å². The van der Waals surface area contributed by atoms with Crippen LogP contribution < -0.4 is 4.72 Å². The van der Waals surface area contributed by atoms with Crippen LogP contribution in [0.2, 0.25) is 0 Å². The zero-order valence-corrected chi connectivity index (χ0v) is 19.3. The number of hydrogen-bond acceptors (Lipinski definition) is 6. The number of fused-ring (bicyclic) bond motifs is 1. The van der Waals surface area contributed by atoms with Gasteiger partial charge in [0.15, 0.2) is 11.6 Å². The first-order chi connectivity index (χ1) is 15.3. The van der Waals surface area contributed by atoms with Crippen LogP contribution in [0.15, 0.2) is 54.9 Å². The van der Waals surface area contributed by atoms with Crippen molar-refractivity contribution in [3.05, 3.63) is 66.2 Å². The normalized spacial score (nSPS) is 13.9. The lowest BCUT2D eigenvalue weighted by atomic mass is 10.1. The molecule has 0 saturated heterocycles. The second-order valence-electron chi connectivity index (χ2n) is 8.50. The minimum Gasteiger partial charge on any atom is -0.390 e. The van der Waals surface area contributed by atoms with Crippen molar-refractivity contribution in [1.29, 1.82) is 0 Å². The average Bonchev–Trinajstić information content (AvgIpc) is 3.22. The fraction of sp³-hybridized carbons (Fsp3) is 0.304. The van der Waals surface area contributed by atoms with E-state index in [2.05, 4.69) is 19.8 Å². The number of rotatable bonds is 6. The van der Waals surface area contributed by atoms with E-state index in [1.54, 1.807) is 23.1 Å². The Kier molecular flexibility index (Phi) is 6.14. The summed E-state index contributed by atoms with van der Waals surface area (Å²) < 4.78 is 17.0. The van der Waals surface area contributed by atoms with Gasteiger partial charge in [-0.05, 0) is 52.0 Å². The SMILES string of the molecule is C[C@H](N[S@](=O)C(C)(C)C)c1ccnc(-c2ccc3cnn(-c4cccc(CO)n4)c3c2)n1. The Morgan fingerprint density at radius 1 is 1.16 bits per heavy atom. The molecule has 0 aliphatic heterocycles. The molecule has 0 aliphatic rings. The van der Waals surface area contributed by atoms with E-state index in [1.165, 1.54) is 0 Å². The molecule has 9 heteroatoms. The number of aromatic nitrogens is 5. The fourth-order valence-electron chi connectivity index (χ4n) is 3.16. The first-order valence-electron chi connectivity index (χ1n) is 10.3. The molecule has 4 rings (SSSR count). The Labute approximate surface area is 189 Å². The van der Waals surface area contributed by atoms with Crippen LogP contribution >= 0.6 is 0 Å². The second-order valence-corrected chi connectivity index (χ2v) is 10.5. The van der Waals surface area contributed by atoms with Crippen LogP contribution in [-0.4, -0.2) is 38.8 Å². The van der Waals surface area contributed by atoms with Gasteiger partial charge in [0.05, 0.1) is 51.5 Å². The molecule has 2 atom stereocenters. The molecular formula is C23H26N6O2S. The Morgan fingerprint density at radius 3 is 2.72 bits per heavy atom. The lowest BCUT2D eigenvalue weighted by molar-refractivity contribution is 0.276. The van der Waals surface area contributed by atoms with Gasteiger partial charge >= 0.3 is 0 Å². The van der Waals surface area contributed by atoms with Crippen molar-refractivity contribution < 1.29 is 9.32 Å². The summed E-state index contributed by atoms with van der Waals surface area (Å²) in [6.45, 7) is 7.59. The van der Waals surface area contributed by atoms with E-state index in [0.717, 1.165) is 22.2 Å². The highest BCUT2D eigenvalue weighted by Gasteiger charge is 2.22. The van der Waals surface area contributed by atoms with E-state index in [4.69, 9.17) is 4.98 Å². The van der Waals surface area contributed by atoms with Crippen LogP contribution in [-0.2, 0) is 17.6 Å². The minimum atomic E-state index is -1.21. The Balaban J connectivity index is 1.68. The van der Waals surface area contributed by atoms with Crippen molar-refractivity contribution in [3.63, 3.8) is 0 Å². The third-order valence-corrected chi connectivity index (χ3v) is 6.64. The van der Waals surface area contributed by atoms with E-state index in [1.807, 2.05) is 64.1 Å². The summed E-state index contributed by atoms with van der Waals surface area (Å²) in [5.74, 6) is 1.20. The largest absolute Gasteiger partial charge is 0.390 e. The summed E-state index contributed by atoms with van der Waals surface area (Å²) in [6, 6.07) is 13.0. The monoisotopic (exact) mass is 450 g/mol. The van der Waals surface area contributed by atoms with Crippen LogP contribution in [0.3, 0.4) is 0 Å². The van der Waals surface area contributed by atoms with Crippen LogP contribution in [0.1, 0.15) is 45.1 Å². The van der Waals surface area contributed by atoms with E-state index in [0.29, 0.717) is 17.3 Å². The number of hydrogen-bond donors (Lipinski definition) is 2. The molecule has 2 N–H and O–H groups in total. The average molecular weight is 451 g/mol. The number of aliphatic hydroxyl groups is 1. The molecule has 8 nitrogen and oxygen atoms in total. The van der Waals surface area contributed by atoms with Crippen molar-refractivity contribution in [2.24, 2.45) is 0 Å². The van der Waals surface area contributed by atoms with Gasteiger partial charge in [0.2, 0.25) is 0 Å². The number of nitrogens with zero attached hydrogens (tertiary/aromatic N) is 5. The van der Waals surface area contributed by atoms with Gasteiger partial charge in [-0.2, -0.15) is 5.10 Å². The van der Waals surface area contributed by atoms with Crippen molar-refractivity contribution in [3.8, 4) is 17.2 Å². The highest BCUT2D eigenvalue weighted by atomic mass is 32.2. The molecule has 3 heterocycles. The molecule has 0 unspecified atom stereocenters. The Morgan fingerprint density at radius 2 is 1.97 bits per heavy atom. The fourth-order valence-corrected chi connectivity index (χ4v) is 3.96. The van der Waals surface area contributed by atoms with Crippen molar-refractivity contribution in [1.82, 2.24) is 29.5 Å². The Hall–Kier alpha value is -3.01. The number of pyridine rings is 1. The summed E-state index contributed by atoms with van der Waals surface area (Å²) in [6.07, 6.45) is 3.49. The summed E-state index contributed by atoms with van der Waals surface area (Å²) >= 11 is 0. The molecule has 0 bridgehead atoms.